The van der Waals surface area contributed by atoms with Crippen LogP contribution in [0, 0.1) is 5.92 Å². The summed E-state index contributed by atoms with van der Waals surface area (Å²) in [6, 6.07) is 7.16. The number of halogens is 1. The number of carbonyl (C=O) groups is 1. The molecule has 0 saturated carbocycles. The van der Waals surface area contributed by atoms with E-state index >= 15 is 0 Å². The fraction of sp³-hybridized carbons (Fsp3) is 0.533. The summed E-state index contributed by atoms with van der Waals surface area (Å²) in [5.74, 6) is 0.408. The smallest absolute Gasteiger partial charge is 0.228 e. The van der Waals surface area contributed by atoms with Crippen molar-refractivity contribution in [3.05, 3.63) is 24.3 Å². The topological polar surface area (TPSA) is 73.6 Å². The molecule has 1 aromatic rings. The molecule has 0 aliphatic heterocycles. The Morgan fingerprint density at radius 1 is 1.33 bits per heavy atom. The van der Waals surface area contributed by atoms with Crippen LogP contribution in [0.4, 0.5) is 5.69 Å². The molecule has 0 aliphatic rings. The zero-order chi connectivity index (χ0) is 15.0. The SMILES string of the molecule is COCCCOc1cccc(NC(=O)C(C)C(C)N)c1.Cl. The van der Waals surface area contributed by atoms with Gasteiger partial charge >= 0.3 is 0 Å². The molecular formula is C15H25ClN2O3. The van der Waals surface area contributed by atoms with Gasteiger partial charge in [0.1, 0.15) is 5.75 Å². The number of nitrogens with one attached hydrogen (secondary N) is 1. The van der Waals surface area contributed by atoms with Gasteiger partial charge in [0.15, 0.2) is 0 Å². The summed E-state index contributed by atoms with van der Waals surface area (Å²) < 4.78 is 10.5. The molecule has 0 aromatic heterocycles. The summed E-state index contributed by atoms with van der Waals surface area (Å²) in [5.41, 5.74) is 6.43. The van der Waals surface area contributed by atoms with Gasteiger partial charge in [0.25, 0.3) is 0 Å². The highest BCUT2D eigenvalue weighted by Crippen LogP contribution is 2.18. The molecule has 5 nitrogen and oxygen atoms in total. The average Bonchev–Trinajstić information content (AvgIpc) is 2.43. The average molecular weight is 317 g/mol. The Hall–Kier alpha value is -1.30. The van der Waals surface area contributed by atoms with Crippen LogP contribution in [0.25, 0.3) is 0 Å². The molecule has 1 rings (SSSR count). The van der Waals surface area contributed by atoms with E-state index in [-0.39, 0.29) is 30.3 Å². The number of benzene rings is 1. The van der Waals surface area contributed by atoms with Crippen molar-refractivity contribution in [2.24, 2.45) is 11.7 Å². The molecule has 120 valence electrons. The van der Waals surface area contributed by atoms with Crippen LogP contribution in [0.5, 0.6) is 5.75 Å². The van der Waals surface area contributed by atoms with Gasteiger partial charge in [-0.15, -0.1) is 12.4 Å². The fourth-order valence-corrected chi connectivity index (χ4v) is 1.55. The minimum Gasteiger partial charge on any atom is -0.493 e. The number of rotatable bonds is 8. The maximum atomic E-state index is 11.9. The Kier molecular flexibility index (Phi) is 9.78. The molecule has 3 N–H and O–H groups in total. The van der Waals surface area contributed by atoms with Crippen molar-refractivity contribution in [2.75, 3.05) is 25.6 Å². The predicted octanol–water partition coefficient (Wildman–Crippen LogP) is 2.45. The van der Waals surface area contributed by atoms with Gasteiger partial charge < -0.3 is 20.5 Å². The normalized spacial score (nSPS) is 13.0. The van der Waals surface area contributed by atoms with Crippen LogP contribution >= 0.6 is 12.4 Å². The van der Waals surface area contributed by atoms with Crippen molar-refractivity contribution in [3.8, 4) is 5.75 Å². The quantitative estimate of drug-likeness (QED) is 0.722. The Morgan fingerprint density at radius 2 is 2.05 bits per heavy atom. The molecular weight excluding hydrogens is 292 g/mol. The Morgan fingerprint density at radius 3 is 2.67 bits per heavy atom. The second-order valence-corrected chi connectivity index (χ2v) is 4.86. The van der Waals surface area contributed by atoms with Crippen LogP contribution in [-0.2, 0) is 9.53 Å². The molecule has 0 aliphatic carbocycles. The second kappa shape index (κ2) is 10.4. The molecule has 0 heterocycles. The summed E-state index contributed by atoms with van der Waals surface area (Å²) in [5, 5.41) is 2.84. The molecule has 2 unspecified atom stereocenters. The lowest BCUT2D eigenvalue weighted by molar-refractivity contribution is -0.119. The van der Waals surface area contributed by atoms with Crippen molar-refractivity contribution in [2.45, 2.75) is 26.3 Å². The van der Waals surface area contributed by atoms with Crippen molar-refractivity contribution in [3.63, 3.8) is 0 Å². The van der Waals surface area contributed by atoms with E-state index in [0.29, 0.717) is 18.9 Å². The van der Waals surface area contributed by atoms with Gasteiger partial charge in [-0.25, -0.2) is 0 Å². The highest BCUT2D eigenvalue weighted by molar-refractivity contribution is 5.92. The molecule has 2 atom stereocenters. The summed E-state index contributed by atoms with van der Waals surface area (Å²) >= 11 is 0. The lowest BCUT2D eigenvalue weighted by Gasteiger charge is -2.15. The summed E-state index contributed by atoms with van der Waals surface area (Å²) in [4.78, 5) is 11.9. The van der Waals surface area contributed by atoms with Gasteiger partial charge in [-0.3, -0.25) is 4.79 Å². The van der Waals surface area contributed by atoms with Gasteiger partial charge in [-0.2, -0.15) is 0 Å². The van der Waals surface area contributed by atoms with Crippen LogP contribution in [0.3, 0.4) is 0 Å². The first-order valence-corrected chi connectivity index (χ1v) is 6.83. The monoisotopic (exact) mass is 316 g/mol. The molecule has 0 bridgehead atoms. The van der Waals surface area contributed by atoms with E-state index in [2.05, 4.69) is 5.32 Å². The third kappa shape index (κ3) is 7.32. The Labute approximate surface area is 132 Å². The zero-order valence-corrected chi connectivity index (χ0v) is 13.6. The molecule has 0 saturated heterocycles. The Bertz CT molecular complexity index is 427. The van der Waals surface area contributed by atoms with Crippen LogP contribution in [0.2, 0.25) is 0 Å². The number of hydrogen-bond acceptors (Lipinski definition) is 4. The molecule has 0 fully saturated rings. The summed E-state index contributed by atoms with van der Waals surface area (Å²) in [6.07, 6.45) is 0.828. The molecule has 21 heavy (non-hydrogen) atoms. The molecule has 1 aromatic carbocycles. The van der Waals surface area contributed by atoms with Crippen molar-refractivity contribution >= 4 is 24.0 Å². The minimum atomic E-state index is -0.235. The van der Waals surface area contributed by atoms with E-state index in [4.69, 9.17) is 15.2 Å². The van der Waals surface area contributed by atoms with Crippen molar-refractivity contribution in [1.82, 2.24) is 0 Å². The van der Waals surface area contributed by atoms with Crippen LogP contribution in [0.15, 0.2) is 24.3 Å². The fourth-order valence-electron chi connectivity index (χ4n) is 1.55. The van der Waals surface area contributed by atoms with E-state index in [1.165, 1.54) is 0 Å². The van der Waals surface area contributed by atoms with E-state index < -0.39 is 0 Å². The van der Waals surface area contributed by atoms with Crippen LogP contribution < -0.4 is 15.8 Å². The van der Waals surface area contributed by atoms with E-state index in [1.807, 2.05) is 32.0 Å². The third-order valence-electron chi connectivity index (χ3n) is 3.07. The van der Waals surface area contributed by atoms with E-state index in [0.717, 1.165) is 12.2 Å². The maximum Gasteiger partial charge on any atom is 0.228 e. The third-order valence-corrected chi connectivity index (χ3v) is 3.07. The van der Waals surface area contributed by atoms with Gasteiger partial charge in [0.2, 0.25) is 5.91 Å². The summed E-state index contributed by atoms with van der Waals surface area (Å²) in [7, 11) is 1.66. The molecule has 1 amide bonds. The van der Waals surface area contributed by atoms with Gasteiger partial charge in [-0.05, 0) is 19.1 Å². The summed E-state index contributed by atoms with van der Waals surface area (Å²) in [6.45, 7) is 4.88. The standard InChI is InChI=1S/C15H24N2O3.ClH/c1-11(12(2)16)15(18)17-13-6-4-7-14(10-13)20-9-5-8-19-3;/h4,6-7,10-12H,5,8-9,16H2,1-3H3,(H,17,18);1H. The number of nitrogens with two attached hydrogens (primary N) is 1. The number of carbonyl (C=O) groups excluding carboxylic acids is 1. The largest absolute Gasteiger partial charge is 0.493 e. The van der Waals surface area contributed by atoms with Gasteiger partial charge in [-0.1, -0.05) is 13.0 Å². The molecule has 6 heteroatoms. The predicted molar refractivity (Wildman–Crippen MR) is 87.1 cm³/mol. The number of anilines is 1. The zero-order valence-electron chi connectivity index (χ0n) is 12.8. The second-order valence-electron chi connectivity index (χ2n) is 4.86. The number of amides is 1. The first kappa shape index (κ1) is 19.7. The maximum absolute atomic E-state index is 11.9. The highest BCUT2D eigenvalue weighted by Gasteiger charge is 2.17. The number of hydrogen-bond donors (Lipinski definition) is 2. The van der Waals surface area contributed by atoms with Crippen molar-refractivity contribution in [1.29, 1.82) is 0 Å². The molecule has 0 radical (unpaired) electrons. The van der Waals surface area contributed by atoms with Gasteiger partial charge in [0, 0.05) is 37.9 Å². The lowest BCUT2D eigenvalue weighted by atomic mass is 10.0. The molecule has 0 spiro atoms. The lowest BCUT2D eigenvalue weighted by Crippen LogP contribution is -2.34. The number of ether oxygens (including phenoxy) is 2. The van der Waals surface area contributed by atoms with Crippen LogP contribution in [0.1, 0.15) is 20.3 Å². The van der Waals surface area contributed by atoms with E-state index in [9.17, 15) is 4.79 Å². The van der Waals surface area contributed by atoms with Gasteiger partial charge in [0.05, 0.1) is 12.5 Å². The Balaban J connectivity index is 0.00000400. The van der Waals surface area contributed by atoms with Crippen molar-refractivity contribution < 1.29 is 14.3 Å². The van der Waals surface area contributed by atoms with E-state index in [1.54, 1.807) is 13.2 Å². The first-order chi connectivity index (χ1) is 9.54. The first-order valence-electron chi connectivity index (χ1n) is 6.83. The highest BCUT2D eigenvalue weighted by atomic mass is 35.5. The van der Waals surface area contributed by atoms with Crippen LogP contribution in [-0.4, -0.2) is 32.3 Å². The number of methoxy groups -OCH3 is 1. The minimum absolute atomic E-state index is 0.